The number of urea groups is 1. The summed E-state index contributed by atoms with van der Waals surface area (Å²) in [6.07, 6.45) is -0.217. The smallest absolute Gasteiger partial charge is 0.348 e. The largest absolute Gasteiger partial charge is 0.462 e. The maximum absolute atomic E-state index is 11.7. The number of guanidine groups is 1. The Balaban J connectivity index is 0.00000484. The molecule has 23 heavy (non-hydrogen) atoms. The highest BCUT2D eigenvalue weighted by atomic mass is 35.5. The molecular formula is C14H20Cl2N4O3. The van der Waals surface area contributed by atoms with Gasteiger partial charge < -0.3 is 20.7 Å². The third kappa shape index (κ3) is 8.27. The van der Waals surface area contributed by atoms with Crippen molar-refractivity contribution in [1.82, 2.24) is 4.90 Å². The van der Waals surface area contributed by atoms with E-state index in [-0.39, 0.29) is 31.0 Å². The van der Waals surface area contributed by atoms with Crippen molar-refractivity contribution in [2.45, 2.75) is 20.0 Å². The second-order valence-electron chi connectivity index (χ2n) is 4.81. The van der Waals surface area contributed by atoms with Crippen molar-refractivity contribution in [3.63, 3.8) is 0 Å². The lowest BCUT2D eigenvalue weighted by molar-refractivity contribution is -0.147. The first kappa shape index (κ1) is 21.0. The van der Waals surface area contributed by atoms with Gasteiger partial charge in [0.15, 0.2) is 0 Å². The van der Waals surface area contributed by atoms with Crippen molar-refractivity contribution >= 4 is 47.7 Å². The van der Waals surface area contributed by atoms with Crippen LogP contribution >= 0.6 is 24.0 Å². The van der Waals surface area contributed by atoms with Crippen LogP contribution in [-0.4, -0.2) is 42.6 Å². The molecule has 1 rings (SSSR count). The van der Waals surface area contributed by atoms with Gasteiger partial charge in [-0.2, -0.15) is 4.99 Å². The van der Waals surface area contributed by atoms with Crippen molar-refractivity contribution in [3.8, 4) is 0 Å². The maximum Gasteiger partial charge on any atom is 0.348 e. The molecule has 0 heterocycles. The topological polar surface area (TPSA) is 97.0 Å². The number of benzene rings is 1. The van der Waals surface area contributed by atoms with E-state index in [2.05, 4.69) is 10.3 Å². The normalized spacial score (nSPS) is 10.7. The van der Waals surface area contributed by atoms with Crippen LogP contribution in [0.4, 0.5) is 10.5 Å². The van der Waals surface area contributed by atoms with E-state index in [4.69, 9.17) is 22.1 Å². The van der Waals surface area contributed by atoms with Crippen LogP contribution in [-0.2, 0) is 9.53 Å². The SMILES string of the molecule is CC(C)OC(=O)CN(C)C(N)=NC(=O)Nc1cccc(Cl)c1.Cl. The third-order valence-corrected chi connectivity index (χ3v) is 2.65. The molecule has 0 fully saturated rings. The molecule has 0 bridgehead atoms. The number of hydrogen-bond donors (Lipinski definition) is 2. The predicted octanol–water partition coefficient (Wildman–Crippen LogP) is 2.49. The van der Waals surface area contributed by atoms with E-state index < -0.39 is 12.0 Å². The van der Waals surface area contributed by atoms with Gasteiger partial charge in [-0.25, -0.2) is 4.79 Å². The molecule has 0 saturated heterocycles. The van der Waals surface area contributed by atoms with Crippen LogP contribution in [0.15, 0.2) is 29.3 Å². The Labute approximate surface area is 146 Å². The van der Waals surface area contributed by atoms with E-state index >= 15 is 0 Å². The Morgan fingerprint density at radius 2 is 2.09 bits per heavy atom. The predicted molar refractivity (Wildman–Crippen MR) is 93.2 cm³/mol. The van der Waals surface area contributed by atoms with Gasteiger partial charge in [-0.05, 0) is 32.0 Å². The Hall–Kier alpha value is -1.99. The molecule has 0 unspecified atom stereocenters. The highest BCUT2D eigenvalue weighted by molar-refractivity contribution is 6.30. The molecule has 0 spiro atoms. The Morgan fingerprint density at radius 3 is 2.65 bits per heavy atom. The number of nitrogens with one attached hydrogen (secondary N) is 1. The average molecular weight is 363 g/mol. The number of amides is 2. The first-order valence-electron chi connectivity index (χ1n) is 6.59. The number of hydrogen-bond acceptors (Lipinski definition) is 3. The van der Waals surface area contributed by atoms with E-state index in [9.17, 15) is 9.59 Å². The van der Waals surface area contributed by atoms with Gasteiger partial charge in [-0.3, -0.25) is 4.79 Å². The van der Waals surface area contributed by atoms with Crippen molar-refractivity contribution in [3.05, 3.63) is 29.3 Å². The van der Waals surface area contributed by atoms with Crippen LogP contribution in [0.2, 0.25) is 5.02 Å². The number of aliphatic imine (C=N–C) groups is 1. The van der Waals surface area contributed by atoms with Gasteiger partial charge in [-0.1, -0.05) is 17.7 Å². The summed E-state index contributed by atoms with van der Waals surface area (Å²) >= 11 is 5.81. The molecule has 3 N–H and O–H groups in total. The van der Waals surface area contributed by atoms with Crippen LogP contribution in [0.5, 0.6) is 0 Å². The third-order valence-electron chi connectivity index (χ3n) is 2.42. The fourth-order valence-electron chi connectivity index (χ4n) is 1.48. The minimum absolute atomic E-state index is 0. The zero-order chi connectivity index (χ0) is 16.7. The van der Waals surface area contributed by atoms with E-state index in [0.29, 0.717) is 10.7 Å². The summed E-state index contributed by atoms with van der Waals surface area (Å²) < 4.78 is 4.98. The molecule has 0 atom stereocenters. The number of rotatable bonds is 4. The van der Waals surface area contributed by atoms with Crippen LogP contribution in [0, 0.1) is 0 Å². The van der Waals surface area contributed by atoms with Gasteiger partial charge in [-0.15, -0.1) is 12.4 Å². The number of halogens is 2. The molecule has 2 amide bonds. The van der Waals surface area contributed by atoms with Gasteiger partial charge in [0, 0.05) is 17.8 Å². The summed E-state index contributed by atoms with van der Waals surface area (Å²) in [7, 11) is 1.53. The fourth-order valence-corrected chi connectivity index (χ4v) is 1.67. The summed E-state index contributed by atoms with van der Waals surface area (Å²) in [6, 6.07) is 5.96. The van der Waals surface area contributed by atoms with Gasteiger partial charge >= 0.3 is 12.0 Å². The zero-order valence-electron chi connectivity index (χ0n) is 13.1. The van der Waals surface area contributed by atoms with Crippen LogP contribution in [0.1, 0.15) is 13.8 Å². The second kappa shape index (κ2) is 9.91. The maximum atomic E-state index is 11.7. The molecule has 0 aliphatic carbocycles. The van der Waals surface area contributed by atoms with Crippen molar-refractivity contribution in [2.75, 3.05) is 18.9 Å². The molecule has 0 radical (unpaired) electrons. The molecule has 0 aliphatic rings. The number of nitrogens with zero attached hydrogens (tertiary/aromatic N) is 2. The molecule has 7 nitrogen and oxygen atoms in total. The van der Waals surface area contributed by atoms with E-state index in [0.717, 1.165) is 0 Å². The quantitative estimate of drug-likeness (QED) is 0.487. The van der Waals surface area contributed by atoms with E-state index in [1.807, 2.05) is 0 Å². The number of anilines is 1. The fraction of sp³-hybridized carbons (Fsp3) is 0.357. The van der Waals surface area contributed by atoms with Gasteiger partial charge in [0.05, 0.1) is 6.10 Å². The number of carbonyl (C=O) groups excluding carboxylic acids is 2. The van der Waals surface area contributed by atoms with Crippen molar-refractivity contribution in [2.24, 2.45) is 10.7 Å². The molecule has 0 aromatic heterocycles. The molecular weight excluding hydrogens is 343 g/mol. The lowest BCUT2D eigenvalue weighted by atomic mass is 10.3. The molecule has 0 saturated carbocycles. The van der Waals surface area contributed by atoms with Gasteiger partial charge in [0.1, 0.15) is 6.54 Å². The van der Waals surface area contributed by atoms with Crippen LogP contribution in [0.3, 0.4) is 0 Å². The lowest BCUT2D eigenvalue weighted by Crippen LogP contribution is -2.39. The summed E-state index contributed by atoms with van der Waals surface area (Å²) in [5, 5.41) is 3.01. The Kier molecular flexibility index (Phi) is 9.05. The first-order valence-corrected chi connectivity index (χ1v) is 6.97. The standard InChI is InChI=1S/C14H19ClN4O3.ClH/c1-9(2)22-12(20)8-19(3)13(16)18-14(21)17-11-6-4-5-10(15)7-11;/h4-7,9H,8H2,1-3H3,(H3,16,17,18,21);1H. The second-order valence-corrected chi connectivity index (χ2v) is 5.24. The van der Waals surface area contributed by atoms with E-state index in [1.54, 1.807) is 38.1 Å². The number of likely N-dealkylation sites (N-methyl/N-ethyl adjacent to an activating group) is 1. The van der Waals surface area contributed by atoms with Crippen LogP contribution < -0.4 is 11.1 Å². The molecule has 1 aromatic carbocycles. The monoisotopic (exact) mass is 362 g/mol. The number of nitrogens with two attached hydrogens (primary N) is 1. The molecule has 128 valence electrons. The summed E-state index contributed by atoms with van der Waals surface area (Å²) in [5.41, 5.74) is 6.16. The number of ether oxygens (including phenoxy) is 1. The summed E-state index contributed by atoms with van der Waals surface area (Å²) in [4.78, 5) is 28.2. The summed E-state index contributed by atoms with van der Waals surface area (Å²) in [6.45, 7) is 3.39. The number of carbonyl (C=O) groups is 2. The zero-order valence-corrected chi connectivity index (χ0v) is 14.6. The number of esters is 1. The Bertz CT molecular complexity index is 579. The molecule has 9 heteroatoms. The summed E-state index contributed by atoms with van der Waals surface area (Å²) in [5.74, 6) is -0.550. The van der Waals surface area contributed by atoms with Crippen molar-refractivity contribution < 1.29 is 14.3 Å². The van der Waals surface area contributed by atoms with Crippen molar-refractivity contribution in [1.29, 1.82) is 0 Å². The lowest BCUT2D eigenvalue weighted by Gasteiger charge is -2.17. The minimum atomic E-state index is -0.663. The first-order chi connectivity index (χ1) is 10.3. The highest BCUT2D eigenvalue weighted by Crippen LogP contribution is 2.14. The van der Waals surface area contributed by atoms with Crippen LogP contribution in [0.25, 0.3) is 0 Å². The minimum Gasteiger partial charge on any atom is -0.462 e. The average Bonchev–Trinajstić information content (AvgIpc) is 2.37. The van der Waals surface area contributed by atoms with Gasteiger partial charge in [0.25, 0.3) is 0 Å². The Morgan fingerprint density at radius 1 is 1.43 bits per heavy atom. The molecule has 1 aromatic rings. The molecule has 0 aliphatic heterocycles. The van der Waals surface area contributed by atoms with E-state index in [1.165, 1.54) is 11.9 Å². The van der Waals surface area contributed by atoms with Gasteiger partial charge in [0.2, 0.25) is 5.96 Å². The highest BCUT2D eigenvalue weighted by Gasteiger charge is 2.12.